The van der Waals surface area contributed by atoms with Gasteiger partial charge in [-0.05, 0) is 55.5 Å². The van der Waals surface area contributed by atoms with Gasteiger partial charge in [0.25, 0.3) is 11.8 Å². The molecule has 7 nitrogen and oxygen atoms in total. The number of nitrogens with one attached hydrogen (secondary N) is 2. The summed E-state index contributed by atoms with van der Waals surface area (Å²) in [5.74, 6) is -0.534. The summed E-state index contributed by atoms with van der Waals surface area (Å²) < 4.78 is 20.0. The quantitative estimate of drug-likeness (QED) is 0.446. The van der Waals surface area contributed by atoms with Crippen LogP contribution in [0.3, 0.4) is 0 Å². The molecule has 33 heavy (non-hydrogen) atoms. The minimum atomic E-state index is -0.414. The first-order chi connectivity index (χ1) is 16.0. The molecule has 4 rings (SSSR count). The number of carbonyl (C=O) groups is 2. The van der Waals surface area contributed by atoms with Crippen LogP contribution >= 0.6 is 0 Å². The van der Waals surface area contributed by atoms with E-state index in [2.05, 4.69) is 15.7 Å². The molecule has 0 aliphatic rings. The average molecular weight is 444 g/mol. The normalized spacial score (nSPS) is 10.5. The van der Waals surface area contributed by atoms with Gasteiger partial charge in [-0.2, -0.15) is 5.10 Å². The van der Waals surface area contributed by atoms with Crippen molar-refractivity contribution in [3.63, 3.8) is 0 Å². The van der Waals surface area contributed by atoms with E-state index in [1.165, 1.54) is 18.3 Å². The van der Waals surface area contributed by atoms with E-state index in [9.17, 15) is 14.0 Å². The van der Waals surface area contributed by atoms with Crippen molar-refractivity contribution >= 4 is 23.2 Å². The molecule has 0 saturated carbocycles. The number of hydrogen-bond donors (Lipinski definition) is 2. The van der Waals surface area contributed by atoms with Crippen LogP contribution in [0.5, 0.6) is 5.75 Å². The molecule has 2 amide bonds. The van der Waals surface area contributed by atoms with E-state index in [-0.39, 0.29) is 11.7 Å². The third kappa shape index (κ3) is 4.74. The number of rotatable bonds is 6. The van der Waals surface area contributed by atoms with Crippen LogP contribution in [0.2, 0.25) is 0 Å². The lowest BCUT2D eigenvalue weighted by Gasteiger charge is -2.12. The zero-order valence-corrected chi connectivity index (χ0v) is 18.0. The van der Waals surface area contributed by atoms with Crippen molar-refractivity contribution in [2.45, 2.75) is 6.92 Å². The first-order valence-corrected chi connectivity index (χ1v) is 10.1. The van der Waals surface area contributed by atoms with Crippen LogP contribution in [-0.4, -0.2) is 28.7 Å². The number of para-hydroxylation sites is 1. The Hall–Kier alpha value is -4.46. The van der Waals surface area contributed by atoms with Gasteiger partial charge in [0.1, 0.15) is 11.6 Å². The fraction of sp³-hybridized carbons (Fsp3) is 0.0800. The number of ether oxygens (including phenoxy) is 1. The van der Waals surface area contributed by atoms with E-state index >= 15 is 0 Å². The second kappa shape index (κ2) is 9.35. The van der Waals surface area contributed by atoms with Gasteiger partial charge >= 0.3 is 0 Å². The first kappa shape index (κ1) is 21.8. The summed E-state index contributed by atoms with van der Waals surface area (Å²) in [4.78, 5) is 25.9. The monoisotopic (exact) mass is 444 g/mol. The van der Waals surface area contributed by atoms with Crippen LogP contribution in [0.25, 0.3) is 5.69 Å². The van der Waals surface area contributed by atoms with Crippen molar-refractivity contribution in [2.75, 3.05) is 17.7 Å². The Balaban J connectivity index is 1.55. The van der Waals surface area contributed by atoms with E-state index in [0.717, 1.165) is 0 Å². The number of methoxy groups -OCH3 is 1. The number of benzene rings is 3. The zero-order chi connectivity index (χ0) is 23.4. The molecular weight excluding hydrogens is 423 g/mol. The van der Waals surface area contributed by atoms with E-state index in [0.29, 0.717) is 39.6 Å². The second-order valence-electron chi connectivity index (χ2n) is 7.22. The highest BCUT2D eigenvalue weighted by Crippen LogP contribution is 2.22. The van der Waals surface area contributed by atoms with Crippen molar-refractivity contribution in [3.8, 4) is 11.4 Å². The number of aromatic nitrogens is 2. The van der Waals surface area contributed by atoms with Gasteiger partial charge < -0.3 is 15.4 Å². The molecule has 0 saturated heterocycles. The number of halogens is 1. The maximum atomic E-state index is 13.2. The fourth-order valence-electron chi connectivity index (χ4n) is 3.35. The van der Waals surface area contributed by atoms with Gasteiger partial charge in [-0.1, -0.05) is 18.2 Å². The van der Waals surface area contributed by atoms with Crippen LogP contribution in [0, 0.1) is 12.7 Å². The SMILES string of the molecule is COc1cccc(NC(=O)c2ccccc2NC(=O)c2cnn(-c3ccc(F)cc3)c2C)c1. The molecule has 0 fully saturated rings. The summed E-state index contributed by atoms with van der Waals surface area (Å²) in [5, 5.41) is 9.85. The van der Waals surface area contributed by atoms with Gasteiger partial charge in [-0.3, -0.25) is 9.59 Å². The second-order valence-corrected chi connectivity index (χ2v) is 7.22. The maximum absolute atomic E-state index is 13.2. The van der Waals surface area contributed by atoms with Gasteiger partial charge in [0.2, 0.25) is 0 Å². The van der Waals surface area contributed by atoms with Gasteiger partial charge in [0, 0.05) is 11.8 Å². The Bertz CT molecular complexity index is 1320. The van der Waals surface area contributed by atoms with Crippen molar-refractivity contribution in [2.24, 2.45) is 0 Å². The van der Waals surface area contributed by atoms with Crippen LogP contribution in [0.4, 0.5) is 15.8 Å². The molecule has 3 aromatic carbocycles. The number of anilines is 2. The molecule has 4 aromatic rings. The summed E-state index contributed by atoms with van der Waals surface area (Å²) >= 11 is 0. The van der Waals surface area contributed by atoms with Crippen LogP contribution < -0.4 is 15.4 Å². The van der Waals surface area contributed by atoms with Crippen molar-refractivity contribution in [3.05, 3.63) is 102 Å². The molecule has 0 aliphatic heterocycles. The number of carbonyl (C=O) groups excluding carboxylic acids is 2. The Labute approximate surface area is 189 Å². The molecule has 1 aromatic heterocycles. The predicted molar refractivity (Wildman–Crippen MR) is 124 cm³/mol. The molecule has 0 bridgehead atoms. The molecule has 2 N–H and O–H groups in total. The maximum Gasteiger partial charge on any atom is 0.259 e. The standard InChI is InChI=1S/C25H21FN4O3/c1-16-22(15-27-30(16)19-12-10-17(26)11-13-19)25(32)29-23-9-4-3-8-21(23)24(31)28-18-6-5-7-20(14-18)33-2/h3-15H,1-2H3,(H,28,31)(H,29,32). The minimum absolute atomic E-state index is 0.303. The van der Waals surface area contributed by atoms with Crippen molar-refractivity contribution in [1.29, 1.82) is 0 Å². The molecule has 166 valence electrons. The van der Waals surface area contributed by atoms with E-state index in [1.54, 1.807) is 79.4 Å². The summed E-state index contributed by atoms with van der Waals surface area (Å²) in [5.41, 5.74) is 2.77. The van der Waals surface area contributed by atoms with Crippen molar-refractivity contribution < 1.29 is 18.7 Å². The Morgan fingerprint density at radius 2 is 1.64 bits per heavy atom. The Morgan fingerprint density at radius 1 is 0.909 bits per heavy atom. The van der Waals surface area contributed by atoms with E-state index in [1.807, 2.05) is 0 Å². The fourth-order valence-corrected chi connectivity index (χ4v) is 3.35. The van der Waals surface area contributed by atoms with Crippen molar-refractivity contribution in [1.82, 2.24) is 9.78 Å². The summed E-state index contributed by atoms with van der Waals surface area (Å²) in [6.45, 7) is 1.74. The molecule has 0 aliphatic carbocycles. The van der Waals surface area contributed by atoms with E-state index < -0.39 is 5.91 Å². The molecule has 0 radical (unpaired) electrons. The topological polar surface area (TPSA) is 85.2 Å². The third-order valence-corrected chi connectivity index (χ3v) is 5.07. The lowest BCUT2D eigenvalue weighted by molar-refractivity contribution is 0.102. The number of amides is 2. The largest absolute Gasteiger partial charge is 0.497 e. The molecular formula is C25H21FN4O3. The highest BCUT2D eigenvalue weighted by molar-refractivity contribution is 6.12. The van der Waals surface area contributed by atoms with Gasteiger partial charge in [0.15, 0.2) is 0 Å². The van der Waals surface area contributed by atoms with E-state index in [4.69, 9.17) is 4.74 Å². The highest BCUT2D eigenvalue weighted by atomic mass is 19.1. The molecule has 0 spiro atoms. The number of hydrogen-bond acceptors (Lipinski definition) is 4. The highest BCUT2D eigenvalue weighted by Gasteiger charge is 2.18. The summed E-state index contributed by atoms with van der Waals surface area (Å²) in [6.07, 6.45) is 1.44. The van der Waals surface area contributed by atoms with Crippen LogP contribution in [-0.2, 0) is 0 Å². The minimum Gasteiger partial charge on any atom is -0.497 e. The molecule has 0 atom stereocenters. The average Bonchev–Trinajstić information content (AvgIpc) is 3.21. The molecule has 0 unspecified atom stereocenters. The van der Waals surface area contributed by atoms with Crippen LogP contribution in [0.1, 0.15) is 26.4 Å². The molecule has 1 heterocycles. The van der Waals surface area contributed by atoms with Gasteiger partial charge in [-0.25, -0.2) is 9.07 Å². The third-order valence-electron chi connectivity index (χ3n) is 5.07. The Kier molecular flexibility index (Phi) is 6.17. The zero-order valence-electron chi connectivity index (χ0n) is 18.0. The van der Waals surface area contributed by atoms with Gasteiger partial charge in [-0.15, -0.1) is 0 Å². The lowest BCUT2D eigenvalue weighted by atomic mass is 10.1. The smallest absolute Gasteiger partial charge is 0.259 e. The summed E-state index contributed by atoms with van der Waals surface area (Å²) in [7, 11) is 1.55. The number of nitrogens with zero attached hydrogens (tertiary/aromatic N) is 2. The van der Waals surface area contributed by atoms with Crippen LogP contribution in [0.15, 0.2) is 79.0 Å². The predicted octanol–water partition coefficient (Wildman–Crippen LogP) is 4.83. The Morgan fingerprint density at radius 3 is 2.39 bits per heavy atom. The van der Waals surface area contributed by atoms with Gasteiger partial charge in [0.05, 0.1) is 41.5 Å². The molecule has 8 heteroatoms. The summed E-state index contributed by atoms with van der Waals surface area (Å²) in [6, 6.07) is 19.5. The first-order valence-electron chi connectivity index (χ1n) is 10.1. The lowest BCUT2D eigenvalue weighted by Crippen LogP contribution is -2.18.